The minimum atomic E-state index is 0.187. The summed E-state index contributed by atoms with van der Waals surface area (Å²) in [6.45, 7) is 1.67. The fourth-order valence-electron chi connectivity index (χ4n) is 2.18. The van der Waals surface area contributed by atoms with Crippen LogP contribution in [0.1, 0.15) is 18.5 Å². The highest BCUT2D eigenvalue weighted by Crippen LogP contribution is 2.31. The molecule has 2 rings (SSSR count). The predicted molar refractivity (Wildman–Crippen MR) is 71.9 cm³/mol. The van der Waals surface area contributed by atoms with Crippen molar-refractivity contribution in [3.05, 3.63) is 16.6 Å². The maximum Gasteiger partial charge on any atom is 0.0795 e. The number of thiazole rings is 1. The van der Waals surface area contributed by atoms with E-state index < -0.39 is 0 Å². The maximum absolute atomic E-state index is 6.00. The molecule has 2 heterocycles. The highest BCUT2D eigenvalue weighted by molar-refractivity contribution is 7.99. The number of thioether (sulfide) groups is 1. The summed E-state index contributed by atoms with van der Waals surface area (Å²) >= 11 is 3.69. The first kappa shape index (κ1) is 12.4. The first-order valence-corrected chi connectivity index (χ1v) is 7.73. The maximum atomic E-state index is 6.00. The van der Waals surface area contributed by atoms with Crippen LogP contribution in [0.25, 0.3) is 0 Å². The van der Waals surface area contributed by atoms with Crippen LogP contribution in [0.15, 0.2) is 10.9 Å². The van der Waals surface area contributed by atoms with Crippen molar-refractivity contribution in [3.63, 3.8) is 0 Å². The van der Waals surface area contributed by atoms with Gasteiger partial charge in [0.1, 0.15) is 0 Å². The van der Waals surface area contributed by atoms with Crippen LogP contribution < -0.4 is 5.73 Å². The van der Waals surface area contributed by atoms with Gasteiger partial charge in [0, 0.05) is 29.8 Å². The van der Waals surface area contributed by atoms with E-state index in [1.165, 1.54) is 18.6 Å². The smallest absolute Gasteiger partial charge is 0.0795 e. The molecule has 0 amide bonds. The first-order valence-electron chi connectivity index (χ1n) is 5.63. The Bertz CT molecular complexity index is 307. The van der Waals surface area contributed by atoms with Crippen molar-refractivity contribution in [3.8, 4) is 0 Å². The summed E-state index contributed by atoms with van der Waals surface area (Å²) in [6, 6.07) is 0. The second-order valence-electron chi connectivity index (χ2n) is 4.42. The molecule has 16 heavy (non-hydrogen) atoms. The topological polar surface area (TPSA) is 42.2 Å². The van der Waals surface area contributed by atoms with Crippen LogP contribution in [0.4, 0.5) is 0 Å². The average Bonchev–Trinajstić information content (AvgIpc) is 2.82. The Morgan fingerprint density at radius 2 is 2.50 bits per heavy atom. The molecule has 1 unspecified atom stereocenters. The minimum Gasteiger partial charge on any atom is -0.329 e. The Kier molecular flexibility index (Phi) is 4.24. The van der Waals surface area contributed by atoms with Gasteiger partial charge in [-0.15, -0.1) is 11.3 Å². The Labute approximate surface area is 105 Å². The van der Waals surface area contributed by atoms with Gasteiger partial charge in [-0.1, -0.05) is 0 Å². The van der Waals surface area contributed by atoms with Crippen LogP contribution in [-0.2, 0) is 6.54 Å². The van der Waals surface area contributed by atoms with Crippen LogP contribution in [0.2, 0.25) is 0 Å². The third-order valence-corrected chi connectivity index (χ3v) is 5.33. The standard InChI is InChI=1S/C11H19N3S2/c1-14(5-10-6-16-9-13-10)11(7-12)3-2-4-15-8-11/h6,9H,2-5,7-8,12H2,1H3. The molecule has 1 aliphatic rings. The lowest BCUT2D eigenvalue weighted by Gasteiger charge is -2.43. The average molecular weight is 257 g/mol. The summed E-state index contributed by atoms with van der Waals surface area (Å²) < 4.78 is 0. The highest BCUT2D eigenvalue weighted by atomic mass is 32.2. The first-order chi connectivity index (χ1) is 7.77. The molecule has 0 saturated carbocycles. The second-order valence-corrected chi connectivity index (χ2v) is 6.24. The molecule has 1 atom stereocenters. The van der Waals surface area contributed by atoms with E-state index in [0.29, 0.717) is 0 Å². The molecule has 0 spiro atoms. The van der Waals surface area contributed by atoms with Crippen molar-refractivity contribution in [2.45, 2.75) is 24.9 Å². The fraction of sp³-hybridized carbons (Fsp3) is 0.727. The van der Waals surface area contributed by atoms with Crippen LogP contribution in [0.5, 0.6) is 0 Å². The second kappa shape index (κ2) is 5.49. The zero-order chi connectivity index (χ0) is 11.4. The normalized spacial score (nSPS) is 26.2. The third-order valence-electron chi connectivity index (χ3n) is 3.37. The van der Waals surface area contributed by atoms with Gasteiger partial charge >= 0.3 is 0 Å². The zero-order valence-corrected chi connectivity index (χ0v) is 11.3. The van der Waals surface area contributed by atoms with E-state index in [2.05, 4.69) is 22.3 Å². The van der Waals surface area contributed by atoms with Crippen molar-refractivity contribution >= 4 is 23.1 Å². The zero-order valence-electron chi connectivity index (χ0n) is 9.69. The van der Waals surface area contributed by atoms with E-state index in [-0.39, 0.29) is 5.54 Å². The minimum absolute atomic E-state index is 0.187. The molecule has 1 saturated heterocycles. The highest BCUT2D eigenvalue weighted by Gasteiger charge is 2.35. The number of hydrogen-bond donors (Lipinski definition) is 1. The van der Waals surface area contributed by atoms with Crippen LogP contribution in [0.3, 0.4) is 0 Å². The van der Waals surface area contributed by atoms with Gasteiger partial charge in [0.05, 0.1) is 11.2 Å². The summed E-state index contributed by atoms with van der Waals surface area (Å²) in [5, 5.41) is 2.12. The van der Waals surface area contributed by atoms with Crippen molar-refractivity contribution < 1.29 is 0 Å². The summed E-state index contributed by atoms with van der Waals surface area (Å²) in [5.41, 5.74) is 9.24. The summed E-state index contributed by atoms with van der Waals surface area (Å²) in [5.74, 6) is 2.44. The molecule has 1 aromatic rings. The lowest BCUT2D eigenvalue weighted by atomic mass is 9.93. The van der Waals surface area contributed by atoms with E-state index in [1.807, 2.05) is 17.3 Å². The Balaban J connectivity index is 2.02. The predicted octanol–water partition coefficient (Wildman–Crippen LogP) is 1.80. The SMILES string of the molecule is CN(Cc1cscn1)C1(CN)CCCSC1. The lowest BCUT2D eigenvalue weighted by molar-refractivity contribution is 0.126. The van der Waals surface area contributed by atoms with Crippen LogP contribution in [0, 0.1) is 0 Å². The summed E-state index contributed by atoms with van der Waals surface area (Å²) in [4.78, 5) is 6.74. The molecule has 1 aromatic heterocycles. The molecule has 90 valence electrons. The largest absolute Gasteiger partial charge is 0.329 e. The van der Waals surface area contributed by atoms with Crippen LogP contribution >= 0.6 is 23.1 Å². The molecular weight excluding hydrogens is 238 g/mol. The number of hydrogen-bond acceptors (Lipinski definition) is 5. The van der Waals surface area contributed by atoms with Gasteiger partial charge < -0.3 is 5.73 Å². The van der Waals surface area contributed by atoms with Crippen molar-refractivity contribution in [1.82, 2.24) is 9.88 Å². The fourth-order valence-corrected chi connectivity index (χ4v) is 4.09. The number of rotatable bonds is 4. The molecule has 0 aromatic carbocycles. The van der Waals surface area contributed by atoms with Crippen molar-refractivity contribution in [1.29, 1.82) is 0 Å². The monoisotopic (exact) mass is 257 g/mol. The van der Waals surface area contributed by atoms with E-state index in [4.69, 9.17) is 5.73 Å². The summed E-state index contributed by atoms with van der Waals surface area (Å²) in [7, 11) is 2.18. The van der Waals surface area contributed by atoms with Gasteiger partial charge in [0.2, 0.25) is 0 Å². The van der Waals surface area contributed by atoms with Gasteiger partial charge in [-0.2, -0.15) is 11.8 Å². The molecule has 2 N–H and O–H groups in total. The van der Waals surface area contributed by atoms with E-state index in [1.54, 1.807) is 11.3 Å². The third kappa shape index (κ3) is 2.59. The Morgan fingerprint density at radius 1 is 1.62 bits per heavy atom. The molecule has 0 bridgehead atoms. The number of likely N-dealkylation sites (N-methyl/N-ethyl adjacent to an activating group) is 1. The molecular formula is C11H19N3S2. The van der Waals surface area contributed by atoms with E-state index in [0.717, 1.165) is 24.5 Å². The van der Waals surface area contributed by atoms with Crippen LogP contribution in [-0.4, -0.2) is 40.5 Å². The van der Waals surface area contributed by atoms with Gasteiger partial charge in [-0.3, -0.25) is 4.90 Å². The van der Waals surface area contributed by atoms with Gasteiger partial charge in [-0.25, -0.2) is 4.98 Å². The molecule has 1 fully saturated rings. The number of nitrogens with two attached hydrogens (primary N) is 1. The van der Waals surface area contributed by atoms with Gasteiger partial charge in [-0.05, 0) is 25.6 Å². The molecule has 0 radical (unpaired) electrons. The van der Waals surface area contributed by atoms with Gasteiger partial charge in [0.25, 0.3) is 0 Å². The van der Waals surface area contributed by atoms with Gasteiger partial charge in [0.15, 0.2) is 0 Å². The Morgan fingerprint density at radius 3 is 3.06 bits per heavy atom. The van der Waals surface area contributed by atoms with E-state index in [9.17, 15) is 0 Å². The number of aromatic nitrogens is 1. The number of nitrogens with zero attached hydrogens (tertiary/aromatic N) is 2. The summed E-state index contributed by atoms with van der Waals surface area (Å²) in [6.07, 6.45) is 2.50. The molecule has 1 aliphatic heterocycles. The lowest BCUT2D eigenvalue weighted by Crippen LogP contribution is -2.55. The molecule has 5 heteroatoms. The molecule has 3 nitrogen and oxygen atoms in total. The quantitative estimate of drug-likeness (QED) is 0.893. The van der Waals surface area contributed by atoms with E-state index >= 15 is 0 Å². The Hall–Kier alpha value is -0.100. The molecule has 0 aliphatic carbocycles. The van der Waals surface area contributed by atoms with Crippen molar-refractivity contribution in [2.24, 2.45) is 5.73 Å². The van der Waals surface area contributed by atoms with Crippen molar-refractivity contribution in [2.75, 3.05) is 25.1 Å².